The van der Waals surface area contributed by atoms with Crippen LogP contribution in [0.3, 0.4) is 0 Å². The minimum Gasteiger partial charge on any atom is -0.381 e. The van der Waals surface area contributed by atoms with Gasteiger partial charge in [0, 0.05) is 50.9 Å². The number of aromatic nitrogens is 3. The van der Waals surface area contributed by atoms with E-state index in [-0.39, 0.29) is 0 Å². The topological polar surface area (TPSA) is 51.9 Å². The summed E-state index contributed by atoms with van der Waals surface area (Å²) in [7, 11) is 0. The van der Waals surface area contributed by atoms with E-state index in [1.807, 2.05) is 6.20 Å². The van der Waals surface area contributed by atoms with E-state index in [1.54, 1.807) is 0 Å². The molecule has 2 aromatic rings. The molecule has 3 fully saturated rings. The summed E-state index contributed by atoms with van der Waals surface area (Å²) < 4.78 is 13.5. The number of morpholine rings is 1. The Morgan fingerprint density at radius 1 is 0.867 bits per heavy atom. The minimum atomic E-state index is 0.578. The first-order valence-electron chi connectivity index (χ1n) is 11.8. The molecule has 2 aliphatic carbocycles. The highest BCUT2D eigenvalue weighted by atomic mass is 16.5. The molecular weight excluding hydrogens is 376 g/mol. The van der Waals surface area contributed by atoms with Gasteiger partial charge in [0.2, 0.25) is 0 Å². The summed E-state index contributed by atoms with van der Waals surface area (Å²) in [6, 6.07) is 0.733. The summed E-state index contributed by atoms with van der Waals surface area (Å²) in [5.41, 5.74) is 6.29. The van der Waals surface area contributed by atoms with Crippen LogP contribution in [0.2, 0.25) is 0 Å². The van der Waals surface area contributed by atoms with E-state index in [9.17, 15) is 0 Å². The first kappa shape index (κ1) is 19.0. The standard InChI is InChI=1S/C24H32N4O2/c1-3-19(27-9-13-30-14-10-27)4-2-18(1)22-16-28-23(26-22)15-25-21-6-5-20(24(21)28)17-7-11-29-12-8-17/h5,15-19H,1-4,6-14H2. The summed E-state index contributed by atoms with van der Waals surface area (Å²) in [5.74, 6) is 1.18. The van der Waals surface area contributed by atoms with E-state index in [4.69, 9.17) is 19.4 Å². The molecule has 4 heterocycles. The lowest BCUT2D eigenvalue weighted by Crippen LogP contribution is -2.44. The van der Waals surface area contributed by atoms with Crippen molar-refractivity contribution in [2.75, 3.05) is 39.5 Å². The smallest absolute Gasteiger partial charge is 0.156 e. The van der Waals surface area contributed by atoms with E-state index in [2.05, 4.69) is 21.6 Å². The second-order valence-corrected chi connectivity index (χ2v) is 9.35. The summed E-state index contributed by atoms with van der Waals surface area (Å²) >= 11 is 0. The molecule has 6 rings (SSSR count). The van der Waals surface area contributed by atoms with Crippen molar-refractivity contribution in [1.29, 1.82) is 0 Å². The van der Waals surface area contributed by atoms with Crippen molar-refractivity contribution < 1.29 is 9.47 Å². The van der Waals surface area contributed by atoms with Crippen LogP contribution in [0.4, 0.5) is 0 Å². The third-order valence-electron chi connectivity index (χ3n) is 7.73. The number of hydrogen-bond donors (Lipinski definition) is 0. The molecule has 0 bridgehead atoms. The van der Waals surface area contributed by atoms with Crippen LogP contribution >= 0.6 is 0 Å². The number of imidazole rings is 1. The molecule has 6 heteroatoms. The monoisotopic (exact) mass is 408 g/mol. The second-order valence-electron chi connectivity index (χ2n) is 9.35. The van der Waals surface area contributed by atoms with E-state index < -0.39 is 0 Å². The minimum absolute atomic E-state index is 0.578. The Morgan fingerprint density at radius 3 is 2.43 bits per heavy atom. The number of fused-ring (bicyclic) bond motifs is 3. The van der Waals surface area contributed by atoms with Gasteiger partial charge in [0.25, 0.3) is 0 Å². The first-order valence-corrected chi connectivity index (χ1v) is 11.8. The highest BCUT2D eigenvalue weighted by molar-refractivity contribution is 5.73. The van der Waals surface area contributed by atoms with E-state index in [0.717, 1.165) is 70.5 Å². The number of ether oxygens (including phenoxy) is 2. The fraction of sp³-hybridized carbons (Fsp3) is 0.667. The predicted octanol–water partition coefficient (Wildman–Crippen LogP) is 3.45. The maximum absolute atomic E-state index is 5.60. The quantitative estimate of drug-likeness (QED) is 0.779. The second kappa shape index (κ2) is 8.06. The lowest BCUT2D eigenvalue weighted by atomic mass is 9.83. The maximum Gasteiger partial charge on any atom is 0.156 e. The highest BCUT2D eigenvalue weighted by Crippen LogP contribution is 2.39. The van der Waals surface area contributed by atoms with Crippen molar-refractivity contribution in [2.24, 2.45) is 5.92 Å². The zero-order valence-electron chi connectivity index (χ0n) is 17.8. The van der Waals surface area contributed by atoms with Crippen molar-refractivity contribution >= 4 is 11.2 Å². The summed E-state index contributed by atoms with van der Waals surface area (Å²) in [5, 5.41) is 0. The van der Waals surface area contributed by atoms with Gasteiger partial charge in [-0.15, -0.1) is 0 Å². The first-order chi connectivity index (χ1) is 14.9. The van der Waals surface area contributed by atoms with Crippen molar-refractivity contribution in [1.82, 2.24) is 19.3 Å². The van der Waals surface area contributed by atoms with E-state index in [0.29, 0.717) is 11.8 Å². The number of hydrogen-bond acceptors (Lipinski definition) is 5. The largest absolute Gasteiger partial charge is 0.381 e. The van der Waals surface area contributed by atoms with Crippen LogP contribution in [0.1, 0.15) is 61.5 Å². The number of rotatable bonds is 3. The van der Waals surface area contributed by atoms with Gasteiger partial charge in [-0.05, 0) is 50.0 Å². The zero-order chi connectivity index (χ0) is 19.9. The molecule has 0 N–H and O–H groups in total. The average Bonchev–Trinajstić information content (AvgIpc) is 3.44. The van der Waals surface area contributed by atoms with Crippen LogP contribution in [0.15, 0.2) is 18.5 Å². The molecule has 0 unspecified atom stereocenters. The van der Waals surface area contributed by atoms with Gasteiger partial charge < -0.3 is 9.47 Å². The third-order valence-corrected chi connectivity index (χ3v) is 7.73. The van der Waals surface area contributed by atoms with Gasteiger partial charge in [-0.1, -0.05) is 6.08 Å². The Morgan fingerprint density at radius 2 is 1.63 bits per heavy atom. The SMILES string of the molecule is C1=C(C2CCOCC2)c2c(ncc3nc(C4CCC(N5CCOCC5)CC4)cn23)C1. The molecule has 2 saturated heterocycles. The van der Waals surface area contributed by atoms with Gasteiger partial charge in [0.1, 0.15) is 0 Å². The molecule has 0 atom stereocenters. The third kappa shape index (κ3) is 3.39. The predicted molar refractivity (Wildman–Crippen MR) is 116 cm³/mol. The van der Waals surface area contributed by atoms with Crippen LogP contribution in [0, 0.1) is 5.92 Å². The molecule has 0 spiro atoms. The van der Waals surface area contributed by atoms with Crippen LogP contribution < -0.4 is 0 Å². The molecule has 4 aliphatic rings. The van der Waals surface area contributed by atoms with Crippen molar-refractivity contribution in [3.63, 3.8) is 0 Å². The molecule has 1 saturated carbocycles. The van der Waals surface area contributed by atoms with Gasteiger partial charge >= 0.3 is 0 Å². The summed E-state index contributed by atoms with van der Waals surface area (Å²) in [6.45, 7) is 5.75. The Hall–Kier alpha value is -1.76. The van der Waals surface area contributed by atoms with Crippen LogP contribution in [-0.4, -0.2) is 64.8 Å². The van der Waals surface area contributed by atoms with E-state index in [1.165, 1.54) is 48.3 Å². The van der Waals surface area contributed by atoms with Gasteiger partial charge in [0.05, 0.1) is 36.5 Å². The van der Waals surface area contributed by atoms with Gasteiger partial charge in [-0.3, -0.25) is 14.3 Å². The molecular formula is C24H32N4O2. The molecule has 160 valence electrons. The fourth-order valence-corrected chi connectivity index (χ4v) is 6.02. The Labute approximate surface area is 178 Å². The zero-order valence-corrected chi connectivity index (χ0v) is 17.8. The lowest BCUT2D eigenvalue weighted by molar-refractivity contribution is 0.00722. The molecule has 2 aromatic heterocycles. The lowest BCUT2D eigenvalue weighted by Gasteiger charge is -2.38. The summed E-state index contributed by atoms with van der Waals surface area (Å²) in [4.78, 5) is 12.5. The Bertz CT molecular complexity index is 932. The fourth-order valence-electron chi connectivity index (χ4n) is 6.02. The maximum atomic E-state index is 5.60. The molecule has 2 aliphatic heterocycles. The van der Waals surface area contributed by atoms with Gasteiger partial charge in [0.15, 0.2) is 5.65 Å². The van der Waals surface area contributed by atoms with Crippen molar-refractivity contribution in [3.8, 4) is 0 Å². The number of nitrogens with zero attached hydrogens (tertiary/aromatic N) is 4. The van der Waals surface area contributed by atoms with Crippen molar-refractivity contribution in [2.45, 2.75) is 56.9 Å². The van der Waals surface area contributed by atoms with Gasteiger partial charge in [-0.25, -0.2) is 4.98 Å². The average molecular weight is 409 g/mol. The van der Waals surface area contributed by atoms with Gasteiger partial charge in [-0.2, -0.15) is 0 Å². The van der Waals surface area contributed by atoms with Crippen LogP contribution in [-0.2, 0) is 15.9 Å². The molecule has 0 aromatic carbocycles. The normalized spacial score (nSPS) is 28.6. The Kier molecular flexibility index (Phi) is 5.10. The van der Waals surface area contributed by atoms with Crippen LogP contribution in [0.25, 0.3) is 11.2 Å². The molecule has 30 heavy (non-hydrogen) atoms. The van der Waals surface area contributed by atoms with E-state index >= 15 is 0 Å². The number of allylic oxidation sites excluding steroid dienone is 2. The highest BCUT2D eigenvalue weighted by Gasteiger charge is 2.31. The molecule has 6 nitrogen and oxygen atoms in total. The van der Waals surface area contributed by atoms with Crippen LogP contribution in [0.5, 0.6) is 0 Å². The molecule has 0 radical (unpaired) electrons. The molecule has 0 amide bonds. The summed E-state index contributed by atoms with van der Waals surface area (Å²) in [6.07, 6.45) is 14.9. The van der Waals surface area contributed by atoms with Crippen molar-refractivity contribution in [3.05, 3.63) is 35.6 Å². The Balaban J connectivity index is 1.22.